The van der Waals surface area contributed by atoms with E-state index in [2.05, 4.69) is 25.9 Å². The summed E-state index contributed by atoms with van der Waals surface area (Å²) in [7, 11) is 1.60. The summed E-state index contributed by atoms with van der Waals surface area (Å²) in [5.41, 5.74) is 1.40. The molecule has 2 aromatic carbocycles. The molecule has 0 atom stereocenters. The number of benzene rings is 2. The Kier molecular flexibility index (Phi) is 5.19. The van der Waals surface area contributed by atoms with E-state index in [1.165, 1.54) is 0 Å². The topological polar surface area (TPSA) is 64.2 Å². The second kappa shape index (κ2) is 7.53. The summed E-state index contributed by atoms with van der Waals surface area (Å²) in [5.74, 6) is 1.80. The first-order chi connectivity index (χ1) is 12.1. The number of aromatic amines is 1. The van der Waals surface area contributed by atoms with Crippen molar-refractivity contribution >= 4 is 39.0 Å². The molecule has 1 heterocycles. The van der Waals surface area contributed by atoms with E-state index >= 15 is 0 Å². The molecular weight excluding hydrogens is 384 g/mol. The summed E-state index contributed by atoms with van der Waals surface area (Å²) in [6.45, 7) is 2.45. The van der Waals surface area contributed by atoms with Crippen LogP contribution >= 0.6 is 15.9 Å². The molecule has 0 radical (unpaired) electrons. The van der Waals surface area contributed by atoms with Gasteiger partial charge in [0.25, 0.3) is 5.56 Å². The van der Waals surface area contributed by atoms with E-state index in [1.807, 2.05) is 43.3 Å². The van der Waals surface area contributed by atoms with Crippen molar-refractivity contribution in [2.45, 2.75) is 6.92 Å². The third kappa shape index (κ3) is 3.74. The Hall–Kier alpha value is -2.60. The molecule has 0 spiro atoms. The van der Waals surface area contributed by atoms with Crippen LogP contribution in [0.2, 0.25) is 0 Å². The van der Waals surface area contributed by atoms with E-state index in [1.54, 1.807) is 19.3 Å². The Balaban J connectivity index is 1.98. The summed E-state index contributed by atoms with van der Waals surface area (Å²) in [4.78, 5) is 19.3. The lowest BCUT2D eigenvalue weighted by molar-refractivity contribution is 0.310. The van der Waals surface area contributed by atoms with Gasteiger partial charge in [0, 0.05) is 0 Å². The zero-order valence-electron chi connectivity index (χ0n) is 13.9. The van der Waals surface area contributed by atoms with Crippen molar-refractivity contribution in [2.75, 3.05) is 13.7 Å². The number of hydrogen-bond acceptors (Lipinski definition) is 4. The van der Waals surface area contributed by atoms with Crippen molar-refractivity contribution in [3.8, 4) is 11.5 Å². The normalized spacial score (nSPS) is 11.2. The monoisotopic (exact) mass is 400 g/mol. The molecule has 0 aliphatic carbocycles. The zero-order chi connectivity index (χ0) is 17.8. The summed E-state index contributed by atoms with van der Waals surface area (Å²) in [6.07, 6.45) is 3.62. The van der Waals surface area contributed by atoms with Crippen LogP contribution in [0.4, 0.5) is 0 Å². The van der Waals surface area contributed by atoms with Crippen LogP contribution in [0.5, 0.6) is 11.5 Å². The van der Waals surface area contributed by atoms with Crippen molar-refractivity contribution in [3.63, 3.8) is 0 Å². The number of nitrogens with zero attached hydrogens (tertiary/aromatic N) is 1. The number of aromatic nitrogens is 2. The highest BCUT2D eigenvalue weighted by Crippen LogP contribution is 2.37. The van der Waals surface area contributed by atoms with Crippen LogP contribution in [0.25, 0.3) is 23.1 Å². The zero-order valence-corrected chi connectivity index (χ0v) is 15.5. The first kappa shape index (κ1) is 17.2. The molecule has 0 aliphatic rings. The standard InChI is InChI=1S/C19H17BrN2O3/c1-3-25-16-11-12(10-14(20)18(16)24-2)8-9-17-21-15-7-5-4-6-13(15)19(23)22-17/h4-11H,3H2,1-2H3,(H,21,22,23)/b9-8+. The third-order valence-corrected chi connectivity index (χ3v) is 4.19. The number of hydrogen-bond donors (Lipinski definition) is 1. The predicted octanol–water partition coefficient (Wildman–Crippen LogP) is 4.26. The van der Waals surface area contributed by atoms with Gasteiger partial charge in [-0.3, -0.25) is 4.79 Å². The molecule has 25 heavy (non-hydrogen) atoms. The minimum absolute atomic E-state index is 0.156. The highest BCUT2D eigenvalue weighted by molar-refractivity contribution is 9.10. The minimum atomic E-state index is -0.156. The van der Waals surface area contributed by atoms with Gasteiger partial charge >= 0.3 is 0 Å². The molecule has 1 aromatic heterocycles. The minimum Gasteiger partial charge on any atom is -0.492 e. The van der Waals surface area contributed by atoms with Gasteiger partial charge in [-0.2, -0.15) is 0 Å². The maximum absolute atomic E-state index is 12.1. The molecule has 0 bridgehead atoms. The molecule has 3 aromatic rings. The number of fused-ring (bicyclic) bond motifs is 1. The number of ether oxygens (including phenoxy) is 2. The highest BCUT2D eigenvalue weighted by Gasteiger charge is 2.10. The van der Waals surface area contributed by atoms with Crippen molar-refractivity contribution in [3.05, 3.63) is 62.6 Å². The number of H-pyrrole nitrogens is 1. The smallest absolute Gasteiger partial charge is 0.259 e. The number of para-hydroxylation sites is 1. The average Bonchev–Trinajstić information content (AvgIpc) is 2.60. The first-order valence-electron chi connectivity index (χ1n) is 7.80. The Labute approximate surface area is 153 Å². The molecule has 0 amide bonds. The summed E-state index contributed by atoms with van der Waals surface area (Å²) in [5, 5.41) is 0.575. The van der Waals surface area contributed by atoms with Crippen molar-refractivity contribution in [2.24, 2.45) is 0 Å². The van der Waals surface area contributed by atoms with E-state index in [-0.39, 0.29) is 5.56 Å². The third-order valence-electron chi connectivity index (χ3n) is 3.60. The van der Waals surface area contributed by atoms with Gasteiger partial charge in [0.15, 0.2) is 11.5 Å². The van der Waals surface area contributed by atoms with E-state index in [0.717, 1.165) is 10.0 Å². The van der Waals surface area contributed by atoms with Gasteiger partial charge in [-0.15, -0.1) is 0 Å². The van der Waals surface area contributed by atoms with Crippen molar-refractivity contribution < 1.29 is 9.47 Å². The van der Waals surface area contributed by atoms with E-state index in [0.29, 0.717) is 34.8 Å². The van der Waals surface area contributed by atoms with Gasteiger partial charge in [0.2, 0.25) is 0 Å². The number of rotatable bonds is 5. The van der Waals surface area contributed by atoms with Crippen LogP contribution < -0.4 is 15.0 Å². The second-order valence-electron chi connectivity index (χ2n) is 5.27. The molecule has 6 heteroatoms. The van der Waals surface area contributed by atoms with Crippen molar-refractivity contribution in [1.82, 2.24) is 9.97 Å². The molecule has 0 aliphatic heterocycles. The molecule has 0 fully saturated rings. The maximum atomic E-state index is 12.1. The fourth-order valence-electron chi connectivity index (χ4n) is 2.50. The largest absolute Gasteiger partial charge is 0.492 e. The number of methoxy groups -OCH3 is 1. The second-order valence-corrected chi connectivity index (χ2v) is 6.12. The van der Waals surface area contributed by atoms with Crippen LogP contribution in [0.15, 0.2) is 45.7 Å². The molecule has 128 valence electrons. The van der Waals surface area contributed by atoms with Crippen LogP contribution in [0, 0.1) is 0 Å². The number of halogens is 1. The molecule has 0 unspecified atom stereocenters. The van der Waals surface area contributed by atoms with Gasteiger partial charge < -0.3 is 14.5 Å². The van der Waals surface area contributed by atoms with Crippen molar-refractivity contribution in [1.29, 1.82) is 0 Å². The van der Waals surface area contributed by atoms with Crippen LogP contribution in [-0.4, -0.2) is 23.7 Å². The van der Waals surface area contributed by atoms with E-state index in [4.69, 9.17) is 9.47 Å². The Morgan fingerprint density at radius 2 is 2.04 bits per heavy atom. The van der Waals surface area contributed by atoms with Gasteiger partial charge in [0.05, 0.1) is 29.1 Å². The maximum Gasteiger partial charge on any atom is 0.259 e. The van der Waals surface area contributed by atoms with Gasteiger partial charge in [-0.1, -0.05) is 18.2 Å². The lowest BCUT2D eigenvalue weighted by Crippen LogP contribution is -2.09. The summed E-state index contributed by atoms with van der Waals surface area (Å²) < 4.78 is 11.8. The molecular formula is C19H17BrN2O3. The summed E-state index contributed by atoms with van der Waals surface area (Å²) >= 11 is 3.49. The molecule has 5 nitrogen and oxygen atoms in total. The Morgan fingerprint density at radius 3 is 2.80 bits per heavy atom. The van der Waals surface area contributed by atoms with Crippen LogP contribution in [-0.2, 0) is 0 Å². The first-order valence-corrected chi connectivity index (χ1v) is 8.59. The highest BCUT2D eigenvalue weighted by atomic mass is 79.9. The fraction of sp³-hybridized carbons (Fsp3) is 0.158. The van der Waals surface area contributed by atoms with Gasteiger partial charge in [-0.25, -0.2) is 4.98 Å². The molecule has 0 saturated heterocycles. The van der Waals surface area contributed by atoms with Gasteiger partial charge in [0.1, 0.15) is 5.82 Å². The Bertz CT molecular complexity index is 996. The van der Waals surface area contributed by atoms with Crippen LogP contribution in [0.3, 0.4) is 0 Å². The SMILES string of the molecule is CCOc1cc(/C=C/c2nc3ccccc3c(=O)[nH]2)cc(Br)c1OC. The predicted molar refractivity (Wildman–Crippen MR) is 103 cm³/mol. The van der Waals surface area contributed by atoms with Crippen LogP contribution in [0.1, 0.15) is 18.3 Å². The summed E-state index contributed by atoms with van der Waals surface area (Å²) in [6, 6.07) is 11.0. The Morgan fingerprint density at radius 1 is 1.24 bits per heavy atom. The molecule has 1 N–H and O–H groups in total. The lowest BCUT2D eigenvalue weighted by atomic mass is 10.2. The molecule has 0 saturated carbocycles. The van der Waals surface area contributed by atoms with E-state index in [9.17, 15) is 4.79 Å². The lowest BCUT2D eigenvalue weighted by Gasteiger charge is -2.12. The quantitative estimate of drug-likeness (QED) is 0.694. The number of nitrogens with one attached hydrogen (secondary N) is 1. The molecule has 3 rings (SSSR count). The van der Waals surface area contributed by atoms with Gasteiger partial charge in [-0.05, 0) is 58.8 Å². The average molecular weight is 401 g/mol. The van der Waals surface area contributed by atoms with E-state index < -0.39 is 0 Å². The fourth-order valence-corrected chi connectivity index (χ4v) is 3.13.